The fourth-order valence-corrected chi connectivity index (χ4v) is 0.889. The van der Waals surface area contributed by atoms with Crippen molar-refractivity contribution in [2.24, 2.45) is 5.90 Å². The van der Waals surface area contributed by atoms with E-state index in [-0.39, 0.29) is 0 Å². The van der Waals surface area contributed by atoms with Gasteiger partial charge in [-0.15, -0.1) is 0 Å². The molecule has 0 bridgehead atoms. The number of nitrogens with two attached hydrogens (primary N) is 1. The number of carbonyl (C=O) groups excluding carboxylic acids is 2. The highest BCUT2D eigenvalue weighted by Crippen LogP contribution is 2.04. The van der Waals surface area contributed by atoms with E-state index in [2.05, 4.69) is 10.7 Å². The van der Waals surface area contributed by atoms with E-state index < -0.39 is 5.97 Å². The second-order valence-electron chi connectivity index (χ2n) is 2.55. The lowest BCUT2D eigenvalue weighted by atomic mass is 10.1. The second kappa shape index (κ2) is 4.94. The summed E-state index contributed by atoms with van der Waals surface area (Å²) in [5.74, 6) is 4.01. The summed E-state index contributed by atoms with van der Waals surface area (Å²) in [5.41, 5.74) is 1.38. The summed E-state index contributed by atoms with van der Waals surface area (Å²) in [6, 6.07) is 6.73. The first-order valence-electron chi connectivity index (χ1n) is 3.90. The lowest BCUT2D eigenvalue weighted by Gasteiger charge is -1.93. The molecule has 72 valence electrons. The fraction of sp³-hybridized carbons (Fsp3) is 0. The Kier molecular flexibility index (Phi) is 3.58. The molecule has 0 unspecified atom stereocenters. The molecule has 0 aromatic heterocycles. The second-order valence-corrected chi connectivity index (χ2v) is 2.55. The molecule has 4 nitrogen and oxygen atoms in total. The van der Waals surface area contributed by atoms with Gasteiger partial charge in [0.15, 0.2) is 0 Å². The van der Waals surface area contributed by atoms with Gasteiger partial charge in [-0.2, -0.15) is 5.90 Å². The molecule has 0 aliphatic carbocycles. The fourth-order valence-electron chi connectivity index (χ4n) is 0.889. The third kappa shape index (κ3) is 2.84. The first kappa shape index (κ1) is 10.1. The van der Waals surface area contributed by atoms with Crippen LogP contribution < -0.4 is 5.90 Å². The van der Waals surface area contributed by atoms with Crippen LogP contribution in [-0.4, -0.2) is 12.3 Å². The van der Waals surface area contributed by atoms with Crippen LogP contribution in [0.15, 0.2) is 30.3 Å². The van der Waals surface area contributed by atoms with Crippen LogP contribution in [0.3, 0.4) is 0 Å². The Bertz CT molecular complexity index is 354. The molecule has 1 aromatic carbocycles. The van der Waals surface area contributed by atoms with E-state index >= 15 is 0 Å². The number of aldehydes is 1. The third-order valence-corrected chi connectivity index (χ3v) is 1.60. The van der Waals surface area contributed by atoms with Crippen LogP contribution >= 0.6 is 0 Å². The Labute approximate surface area is 80.9 Å². The molecule has 0 spiro atoms. The van der Waals surface area contributed by atoms with Gasteiger partial charge in [-0.05, 0) is 11.6 Å². The van der Waals surface area contributed by atoms with E-state index in [1.165, 1.54) is 6.08 Å². The van der Waals surface area contributed by atoms with Gasteiger partial charge < -0.3 is 4.84 Å². The van der Waals surface area contributed by atoms with Gasteiger partial charge in [-0.1, -0.05) is 24.3 Å². The molecule has 14 heavy (non-hydrogen) atoms. The van der Waals surface area contributed by atoms with Gasteiger partial charge in [0, 0.05) is 11.6 Å². The van der Waals surface area contributed by atoms with E-state index in [4.69, 9.17) is 0 Å². The zero-order valence-corrected chi connectivity index (χ0v) is 7.34. The van der Waals surface area contributed by atoms with Gasteiger partial charge in [0.25, 0.3) is 0 Å². The minimum absolute atomic E-state index is 0.587. The monoisotopic (exact) mass is 191 g/mol. The SMILES string of the molecule is NOC(=O)/C=C/c1ccc(C=O)cc1. The lowest BCUT2D eigenvalue weighted by molar-refractivity contribution is -0.138. The summed E-state index contributed by atoms with van der Waals surface area (Å²) in [4.78, 5) is 24.9. The molecule has 4 heteroatoms. The normalized spacial score (nSPS) is 10.1. The molecule has 1 aromatic rings. The van der Waals surface area contributed by atoms with Crippen molar-refractivity contribution in [3.05, 3.63) is 41.5 Å². The van der Waals surface area contributed by atoms with E-state index in [1.54, 1.807) is 30.3 Å². The highest BCUT2D eigenvalue weighted by Gasteiger charge is 1.93. The molecule has 0 aliphatic rings. The highest BCUT2D eigenvalue weighted by molar-refractivity contribution is 5.87. The van der Waals surface area contributed by atoms with E-state index in [1.807, 2.05) is 0 Å². The maximum Gasteiger partial charge on any atom is 0.349 e. The Hall–Kier alpha value is -1.94. The number of hydrogen-bond acceptors (Lipinski definition) is 4. The molecule has 0 saturated carbocycles. The quantitative estimate of drug-likeness (QED) is 0.438. The van der Waals surface area contributed by atoms with Crippen LogP contribution in [0.1, 0.15) is 15.9 Å². The molecule has 2 N–H and O–H groups in total. The minimum atomic E-state index is -0.621. The number of carbonyl (C=O) groups is 2. The first-order chi connectivity index (χ1) is 6.76. The maximum absolute atomic E-state index is 10.6. The van der Waals surface area contributed by atoms with Crippen molar-refractivity contribution in [1.29, 1.82) is 0 Å². The van der Waals surface area contributed by atoms with Crippen molar-refractivity contribution < 1.29 is 14.4 Å². The predicted octanol–water partition coefficient (Wildman–Crippen LogP) is 0.929. The predicted molar refractivity (Wildman–Crippen MR) is 51.1 cm³/mol. The smallest absolute Gasteiger partial charge is 0.349 e. The third-order valence-electron chi connectivity index (χ3n) is 1.60. The van der Waals surface area contributed by atoms with Crippen LogP contribution in [0.4, 0.5) is 0 Å². The zero-order chi connectivity index (χ0) is 10.4. The van der Waals surface area contributed by atoms with Crippen LogP contribution in [0, 0.1) is 0 Å². The highest BCUT2D eigenvalue weighted by atomic mass is 16.7. The summed E-state index contributed by atoms with van der Waals surface area (Å²) in [6.45, 7) is 0. The minimum Gasteiger partial charge on any atom is -0.370 e. The van der Waals surface area contributed by atoms with Crippen molar-refractivity contribution in [2.75, 3.05) is 0 Å². The van der Waals surface area contributed by atoms with Crippen molar-refractivity contribution in [2.45, 2.75) is 0 Å². The van der Waals surface area contributed by atoms with E-state index in [0.29, 0.717) is 5.56 Å². The number of benzene rings is 1. The molecule has 0 aliphatic heterocycles. The van der Waals surface area contributed by atoms with Crippen LogP contribution in [-0.2, 0) is 9.63 Å². The Morgan fingerprint density at radius 2 is 1.79 bits per heavy atom. The largest absolute Gasteiger partial charge is 0.370 e. The van der Waals surface area contributed by atoms with Gasteiger partial charge in [0.1, 0.15) is 6.29 Å². The van der Waals surface area contributed by atoms with Crippen molar-refractivity contribution in [3.63, 3.8) is 0 Å². The molecule has 0 saturated heterocycles. The Morgan fingerprint density at radius 3 is 2.29 bits per heavy atom. The summed E-state index contributed by atoms with van der Waals surface area (Å²) in [6.07, 6.45) is 3.50. The van der Waals surface area contributed by atoms with Crippen molar-refractivity contribution in [1.82, 2.24) is 0 Å². The van der Waals surface area contributed by atoms with Gasteiger partial charge in [-0.25, -0.2) is 4.79 Å². The molecule has 0 fully saturated rings. The Balaban J connectivity index is 2.73. The van der Waals surface area contributed by atoms with E-state index in [9.17, 15) is 9.59 Å². The first-order valence-corrected chi connectivity index (χ1v) is 3.90. The summed E-state index contributed by atoms with van der Waals surface area (Å²) in [7, 11) is 0. The average molecular weight is 191 g/mol. The van der Waals surface area contributed by atoms with Gasteiger partial charge in [-0.3, -0.25) is 4.79 Å². The molecular weight excluding hydrogens is 182 g/mol. The molecule has 0 atom stereocenters. The zero-order valence-electron chi connectivity index (χ0n) is 7.34. The standard InChI is InChI=1S/C10H9NO3/c11-14-10(13)6-5-8-1-3-9(7-12)4-2-8/h1-7H,11H2/b6-5+. The van der Waals surface area contributed by atoms with Gasteiger partial charge >= 0.3 is 5.97 Å². The molecule has 0 amide bonds. The topological polar surface area (TPSA) is 69.4 Å². The maximum atomic E-state index is 10.6. The summed E-state index contributed by atoms with van der Waals surface area (Å²) >= 11 is 0. The molecular formula is C10H9NO3. The van der Waals surface area contributed by atoms with E-state index in [0.717, 1.165) is 11.8 Å². The molecule has 0 radical (unpaired) electrons. The summed E-state index contributed by atoms with van der Waals surface area (Å²) < 4.78 is 0. The molecule has 0 heterocycles. The van der Waals surface area contributed by atoms with Crippen LogP contribution in [0.25, 0.3) is 6.08 Å². The Morgan fingerprint density at radius 1 is 1.21 bits per heavy atom. The lowest BCUT2D eigenvalue weighted by Crippen LogP contribution is -2.05. The summed E-state index contributed by atoms with van der Waals surface area (Å²) in [5, 5.41) is 0. The van der Waals surface area contributed by atoms with Crippen molar-refractivity contribution >= 4 is 18.3 Å². The average Bonchev–Trinajstić information content (AvgIpc) is 2.26. The van der Waals surface area contributed by atoms with Crippen LogP contribution in [0.2, 0.25) is 0 Å². The van der Waals surface area contributed by atoms with Crippen LogP contribution in [0.5, 0.6) is 0 Å². The number of hydrogen-bond donors (Lipinski definition) is 1. The number of rotatable bonds is 3. The molecule has 1 rings (SSSR count). The van der Waals surface area contributed by atoms with Gasteiger partial charge in [0.2, 0.25) is 0 Å². The van der Waals surface area contributed by atoms with Gasteiger partial charge in [0.05, 0.1) is 0 Å². The van der Waals surface area contributed by atoms with Crippen molar-refractivity contribution in [3.8, 4) is 0 Å².